The number of hydrogen-bond acceptors (Lipinski definition) is 0. The summed E-state index contributed by atoms with van der Waals surface area (Å²) in [6.45, 7) is 9.44. The molecule has 0 aromatic heterocycles. The predicted octanol–water partition coefficient (Wildman–Crippen LogP) is 4.10. The van der Waals surface area contributed by atoms with Crippen LogP contribution in [0.4, 0.5) is 0 Å². The zero-order valence-electron chi connectivity index (χ0n) is 9.14. The van der Waals surface area contributed by atoms with Crippen LogP contribution < -0.4 is 0 Å². The Hall–Kier alpha value is 0. The van der Waals surface area contributed by atoms with Crippen molar-refractivity contribution in [1.82, 2.24) is 0 Å². The SMILES string of the molecule is CCC1CC1C(C)CCC(C)C. The zero-order chi connectivity index (χ0) is 9.14. The summed E-state index contributed by atoms with van der Waals surface area (Å²) in [6.07, 6.45) is 5.82. The molecule has 0 bridgehead atoms. The average molecular weight is 168 g/mol. The maximum absolute atomic E-state index is 2.45. The molecule has 0 heterocycles. The van der Waals surface area contributed by atoms with Gasteiger partial charge in [-0.2, -0.15) is 0 Å². The van der Waals surface area contributed by atoms with Crippen LogP contribution in [0.1, 0.15) is 53.4 Å². The van der Waals surface area contributed by atoms with Crippen LogP contribution in [0.2, 0.25) is 0 Å². The van der Waals surface area contributed by atoms with E-state index in [9.17, 15) is 0 Å². The molecule has 0 radical (unpaired) electrons. The first-order valence-electron chi connectivity index (χ1n) is 5.65. The maximum Gasteiger partial charge on any atom is -0.0357 e. The summed E-state index contributed by atoms with van der Waals surface area (Å²) >= 11 is 0. The van der Waals surface area contributed by atoms with E-state index >= 15 is 0 Å². The van der Waals surface area contributed by atoms with Gasteiger partial charge in [-0.15, -0.1) is 0 Å². The molecule has 0 amide bonds. The molecule has 1 fully saturated rings. The first kappa shape index (κ1) is 10.1. The fourth-order valence-corrected chi connectivity index (χ4v) is 2.25. The van der Waals surface area contributed by atoms with Crippen molar-refractivity contribution in [2.24, 2.45) is 23.7 Å². The minimum atomic E-state index is 0.895. The van der Waals surface area contributed by atoms with E-state index in [2.05, 4.69) is 27.7 Å². The van der Waals surface area contributed by atoms with Crippen LogP contribution in [0, 0.1) is 23.7 Å². The molecule has 0 aromatic rings. The van der Waals surface area contributed by atoms with Gasteiger partial charge in [-0.05, 0) is 30.1 Å². The fourth-order valence-electron chi connectivity index (χ4n) is 2.25. The van der Waals surface area contributed by atoms with Crippen LogP contribution in [0.3, 0.4) is 0 Å². The quantitative estimate of drug-likeness (QED) is 0.579. The van der Waals surface area contributed by atoms with E-state index < -0.39 is 0 Å². The molecule has 3 unspecified atom stereocenters. The van der Waals surface area contributed by atoms with Crippen LogP contribution in [-0.2, 0) is 0 Å². The molecular formula is C12H24. The number of hydrogen-bond donors (Lipinski definition) is 0. The van der Waals surface area contributed by atoms with Gasteiger partial charge in [-0.25, -0.2) is 0 Å². The summed E-state index contributed by atoms with van der Waals surface area (Å²) in [5, 5.41) is 0. The normalized spacial score (nSPS) is 30.8. The van der Waals surface area contributed by atoms with E-state index in [1.165, 1.54) is 25.7 Å². The summed E-state index contributed by atoms with van der Waals surface area (Å²) in [4.78, 5) is 0. The van der Waals surface area contributed by atoms with E-state index in [1.54, 1.807) is 0 Å². The van der Waals surface area contributed by atoms with Gasteiger partial charge >= 0.3 is 0 Å². The topological polar surface area (TPSA) is 0 Å². The highest BCUT2D eigenvalue weighted by Gasteiger charge is 2.38. The molecule has 3 atom stereocenters. The molecule has 1 saturated carbocycles. The monoisotopic (exact) mass is 168 g/mol. The average Bonchev–Trinajstić information content (AvgIpc) is 2.78. The van der Waals surface area contributed by atoms with Crippen LogP contribution in [0.5, 0.6) is 0 Å². The standard InChI is InChI=1S/C12H24/c1-5-11-8-12(11)10(4)7-6-9(2)3/h9-12H,5-8H2,1-4H3. The van der Waals surface area contributed by atoms with Gasteiger partial charge in [0.2, 0.25) is 0 Å². The molecular weight excluding hydrogens is 144 g/mol. The zero-order valence-corrected chi connectivity index (χ0v) is 9.14. The van der Waals surface area contributed by atoms with Crippen LogP contribution >= 0.6 is 0 Å². The van der Waals surface area contributed by atoms with Gasteiger partial charge < -0.3 is 0 Å². The summed E-state index contributed by atoms with van der Waals surface area (Å²) in [6, 6.07) is 0. The third-order valence-electron chi connectivity index (χ3n) is 3.43. The first-order chi connectivity index (χ1) is 5.65. The molecule has 1 aliphatic rings. The van der Waals surface area contributed by atoms with Crippen molar-refractivity contribution in [3.05, 3.63) is 0 Å². The first-order valence-corrected chi connectivity index (χ1v) is 5.65. The van der Waals surface area contributed by atoms with Crippen molar-refractivity contribution in [3.63, 3.8) is 0 Å². The Labute approximate surface area is 77.7 Å². The largest absolute Gasteiger partial charge is 0.0651 e. The van der Waals surface area contributed by atoms with Gasteiger partial charge in [0.15, 0.2) is 0 Å². The van der Waals surface area contributed by atoms with E-state index in [0.717, 1.165) is 23.7 Å². The lowest BCUT2D eigenvalue weighted by molar-refractivity contribution is 0.393. The highest BCUT2D eigenvalue weighted by molar-refractivity contribution is 4.88. The van der Waals surface area contributed by atoms with Crippen LogP contribution in [-0.4, -0.2) is 0 Å². The lowest BCUT2D eigenvalue weighted by Gasteiger charge is -2.12. The Balaban J connectivity index is 2.09. The Morgan fingerprint density at radius 2 is 1.83 bits per heavy atom. The molecule has 0 spiro atoms. The summed E-state index contributed by atoms with van der Waals surface area (Å²) in [5.41, 5.74) is 0. The highest BCUT2D eigenvalue weighted by atomic mass is 14.4. The third-order valence-corrected chi connectivity index (χ3v) is 3.43. The second-order valence-corrected chi connectivity index (χ2v) is 5.02. The van der Waals surface area contributed by atoms with Crippen molar-refractivity contribution >= 4 is 0 Å². The Morgan fingerprint density at radius 3 is 2.25 bits per heavy atom. The Kier molecular flexibility index (Phi) is 3.61. The molecule has 1 rings (SSSR count). The van der Waals surface area contributed by atoms with Crippen molar-refractivity contribution in [3.8, 4) is 0 Å². The minimum Gasteiger partial charge on any atom is -0.0651 e. The summed E-state index contributed by atoms with van der Waals surface area (Å²) in [7, 11) is 0. The lowest BCUT2D eigenvalue weighted by atomic mass is 9.94. The van der Waals surface area contributed by atoms with E-state index in [1.807, 2.05) is 0 Å². The van der Waals surface area contributed by atoms with Gasteiger partial charge in [0.25, 0.3) is 0 Å². The Bertz CT molecular complexity index is 126. The second-order valence-electron chi connectivity index (χ2n) is 5.02. The van der Waals surface area contributed by atoms with Gasteiger partial charge in [0, 0.05) is 0 Å². The van der Waals surface area contributed by atoms with Crippen LogP contribution in [0.15, 0.2) is 0 Å². The predicted molar refractivity (Wildman–Crippen MR) is 55.1 cm³/mol. The lowest BCUT2D eigenvalue weighted by Crippen LogP contribution is -2.01. The van der Waals surface area contributed by atoms with Crippen molar-refractivity contribution in [1.29, 1.82) is 0 Å². The van der Waals surface area contributed by atoms with E-state index in [-0.39, 0.29) is 0 Å². The highest BCUT2D eigenvalue weighted by Crippen LogP contribution is 2.47. The fraction of sp³-hybridized carbons (Fsp3) is 1.00. The molecule has 0 nitrogen and oxygen atoms in total. The summed E-state index contributed by atoms with van der Waals surface area (Å²) < 4.78 is 0. The molecule has 0 saturated heterocycles. The molecule has 72 valence electrons. The van der Waals surface area contributed by atoms with E-state index in [0.29, 0.717) is 0 Å². The van der Waals surface area contributed by atoms with Crippen molar-refractivity contribution in [2.45, 2.75) is 53.4 Å². The van der Waals surface area contributed by atoms with Crippen LogP contribution in [0.25, 0.3) is 0 Å². The van der Waals surface area contributed by atoms with Gasteiger partial charge in [0.05, 0.1) is 0 Å². The molecule has 0 aromatic carbocycles. The summed E-state index contributed by atoms with van der Waals surface area (Å²) in [5.74, 6) is 4.07. The Morgan fingerprint density at radius 1 is 1.17 bits per heavy atom. The third kappa shape index (κ3) is 2.80. The molecule has 1 aliphatic carbocycles. The smallest absolute Gasteiger partial charge is 0.0357 e. The van der Waals surface area contributed by atoms with Crippen molar-refractivity contribution in [2.75, 3.05) is 0 Å². The number of rotatable bonds is 5. The van der Waals surface area contributed by atoms with Crippen molar-refractivity contribution < 1.29 is 0 Å². The molecule has 12 heavy (non-hydrogen) atoms. The minimum absolute atomic E-state index is 0.895. The second kappa shape index (κ2) is 4.30. The molecule has 0 N–H and O–H groups in total. The van der Waals surface area contributed by atoms with Gasteiger partial charge in [-0.3, -0.25) is 0 Å². The maximum atomic E-state index is 2.45. The van der Waals surface area contributed by atoms with E-state index in [4.69, 9.17) is 0 Å². The van der Waals surface area contributed by atoms with Gasteiger partial charge in [0.1, 0.15) is 0 Å². The van der Waals surface area contributed by atoms with Gasteiger partial charge in [-0.1, -0.05) is 47.0 Å². The molecule has 0 aliphatic heterocycles. The molecule has 0 heteroatoms.